The van der Waals surface area contributed by atoms with E-state index in [1.807, 2.05) is 13.0 Å². The maximum absolute atomic E-state index is 12.0. The number of esters is 1. The predicted molar refractivity (Wildman–Crippen MR) is 85.7 cm³/mol. The molecule has 0 spiro atoms. The van der Waals surface area contributed by atoms with Crippen LogP contribution in [0.25, 0.3) is 0 Å². The smallest absolute Gasteiger partial charge is 0.338 e. The van der Waals surface area contributed by atoms with Gasteiger partial charge in [0.25, 0.3) is 0 Å². The van der Waals surface area contributed by atoms with Crippen molar-refractivity contribution in [1.82, 2.24) is 0 Å². The summed E-state index contributed by atoms with van der Waals surface area (Å²) in [4.78, 5) is 12.0. The van der Waals surface area contributed by atoms with Crippen molar-refractivity contribution < 1.29 is 19.0 Å². The third-order valence-corrected chi connectivity index (χ3v) is 5.28. The summed E-state index contributed by atoms with van der Waals surface area (Å²) in [5, 5.41) is 0. The molecule has 0 aromatic heterocycles. The quantitative estimate of drug-likeness (QED) is 0.803. The van der Waals surface area contributed by atoms with Crippen molar-refractivity contribution in [3.05, 3.63) is 34.9 Å². The van der Waals surface area contributed by atoms with Gasteiger partial charge >= 0.3 is 5.97 Å². The maximum atomic E-state index is 12.0. The van der Waals surface area contributed by atoms with Crippen LogP contribution >= 0.6 is 0 Å². The first-order chi connectivity index (χ1) is 11.2. The van der Waals surface area contributed by atoms with E-state index in [0.29, 0.717) is 5.56 Å². The van der Waals surface area contributed by atoms with E-state index in [1.165, 1.54) is 5.56 Å². The summed E-state index contributed by atoms with van der Waals surface area (Å²) in [6, 6.07) is 6.19. The van der Waals surface area contributed by atoms with E-state index in [1.54, 1.807) is 0 Å². The number of hydrogen-bond donors (Lipinski definition) is 0. The standard InChI is InChI=1S/C19H24O4/c1-12-10-14-11-13(6-7-15(14)19(20)23-12)18(16-4-2-8-21-16)17-5-3-9-22-17/h6-7,11-12,16-18H,2-5,8-10H2,1H3. The van der Waals surface area contributed by atoms with Crippen molar-refractivity contribution in [1.29, 1.82) is 0 Å². The molecular formula is C19H24O4. The molecule has 4 heteroatoms. The largest absolute Gasteiger partial charge is 0.459 e. The van der Waals surface area contributed by atoms with Crippen LogP contribution in [-0.2, 0) is 20.6 Å². The molecule has 0 amide bonds. The highest BCUT2D eigenvalue weighted by molar-refractivity contribution is 5.92. The van der Waals surface area contributed by atoms with Gasteiger partial charge in [-0.05, 0) is 49.8 Å². The lowest BCUT2D eigenvalue weighted by atomic mass is 9.83. The van der Waals surface area contributed by atoms with E-state index in [-0.39, 0.29) is 30.2 Å². The highest BCUT2D eigenvalue weighted by Gasteiger charge is 2.37. The van der Waals surface area contributed by atoms with Crippen LogP contribution in [-0.4, -0.2) is 37.5 Å². The van der Waals surface area contributed by atoms with Gasteiger partial charge in [0.1, 0.15) is 6.10 Å². The number of carbonyl (C=O) groups excluding carboxylic acids is 1. The molecule has 23 heavy (non-hydrogen) atoms. The van der Waals surface area contributed by atoms with Crippen molar-refractivity contribution in [2.75, 3.05) is 13.2 Å². The zero-order valence-electron chi connectivity index (χ0n) is 13.6. The predicted octanol–water partition coefficient (Wildman–Crippen LogP) is 3.23. The second-order valence-electron chi connectivity index (χ2n) is 6.97. The molecule has 1 aromatic rings. The van der Waals surface area contributed by atoms with Gasteiger partial charge in [-0.15, -0.1) is 0 Å². The normalized spacial score (nSPS) is 31.7. The Morgan fingerprint density at radius 3 is 2.39 bits per heavy atom. The minimum atomic E-state index is -0.198. The van der Waals surface area contributed by atoms with Gasteiger partial charge in [-0.25, -0.2) is 4.79 Å². The molecule has 3 heterocycles. The van der Waals surface area contributed by atoms with Gasteiger partial charge in [-0.1, -0.05) is 12.1 Å². The molecule has 3 unspecified atom stereocenters. The molecule has 2 saturated heterocycles. The molecule has 4 nitrogen and oxygen atoms in total. The van der Waals surface area contributed by atoms with Crippen LogP contribution in [0.1, 0.15) is 60.0 Å². The molecular weight excluding hydrogens is 292 g/mol. The van der Waals surface area contributed by atoms with Gasteiger partial charge < -0.3 is 14.2 Å². The van der Waals surface area contributed by atoms with Gasteiger partial charge in [0.2, 0.25) is 0 Å². The Hall–Kier alpha value is -1.39. The first-order valence-corrected chi connectivity index (χ1v) is 8.79. The van der Waals surface area contributed by atoms with Gasteiger partial charge in [0.15, 0.2) is 0 Å². The molecule has 1 aromatic carbocycles. The van der Waals surface area contributed by atoms with Gasteiger partial charge in [-0.3, -0.25) is 0 Å². The van der Waals surface area contributed by atoms with E-state index >= 15 is 0 Å². The first kappa shape index (κ1) is 15.2. The van der Waals surface area contributed by atoms with Crippen LogP contribution in [0.15, 0.2) is 18.2 Å². The second-order valence-corrected chi connectivity index (χ2v) is 6.97. The van der Waals surface area contributed by atoms with E-state index in [4.69, 9.17) is 14.2 Å². The number of hydrogen-bond acceptors (Lipinski definition) is 4. The molecule has 3 aliphatic heterocycles. The highest BCUT2D eigenvalue weighted by atomic mass is 16.5. The van der Waals surface area contributed by atoms with Crippen LogP contribution in [0.4, 0.5) is 0 Å². The summed E-state index contributed by atoms with van der Waals surface area (Å²) in [7, 11) is 0. The fourth-order valence-electron chi connectivity index (χ4n) is 4.23. The lowest BCUT2D eigenvalue weighted by molar-refractivity contribution is 0.0144. The monoisotopic (exact) mass is 316 g/mol. The molecule has 0 N–H and O–H groups in total. The Morgan fingerprint density at radius 1 is 1.09 bits per heavy atom. The Morgan fingerprint density at radius 2 is 1.78 bits per heavy atom. The number of fused-ring (bicyclic) bond motifs is 1. The summed E-state index contributed by atoms with van der Waals surface area (Å²) in [6.07, 6.45) is 5.67. The van der Waals surface area contributed by atoms with Crippen LogP contribution < -0.4 is 0 Å². The summed E-state index contributed by atoms with van der Waals surface area (Å²) in [6.45, 7) is 3.65. The van der Waals surface area contributed by atoms with Crippen molar-refractivity contribution in [2.45, 2.75) is 63.3 Å². The van der Waals surface area contributed by atoms with Crippen LogP contribution in [0, 0.1) is 0 Å². The highest BCUT2D eigenvalue weighted by Crippen LogP contribution is 2.38. The Kier molecular flexibility index (Phi) is 4.12. The van der Waals surface area contributed by atoms with Gasteiger partial charge in [-0.2, -0.15) is 0 Å². The average Bonchev–Trinajstić information content (AvgIpc) is 3.21. The zero-order chi connectivity index (χ0) is 15.8. The van der Waals surface area contributed by atoms with Crippen LogP contribution in [0.3, 0.4) is 0 Å². The summed E-state index contributed by atoms with van der Waals surface area (Å²) < 4.78 is 17.3. The number of cyclic esters (lactones) is 1. The van der Waals surface area contributed by atoms with E-state index in [9.17, 15) is 4.79 Å². The minimum Gasteiger partial charge on any atom is -0.459 e. The number of ether oxygens (including phenoxy) is 3. The fraction of sp³-hybridized carbons (Fsp3) is 0.632. The summed E-state index contributed by atoms with van der Waals surface area (Å²) in [5.41, 5.74) is 3.07. The van der Waals surface area contributed by atoms with Crippen molar-refractivity contribution in [2.24, 2.45) is 0 Å². The summed E-state index contributed by atoms with van der Waals surface area (Å²) >= 11 is 0. The topological polar surface area (TPSA) is 44.8 Å². The lowest BCUT2D eigenvalue weighted by Crippen LogP contribution is -2.30. The third kappa shape index (κ3) is 2.90. The molecule has 0 bridgehead atoms. The molecule has 2 fully saturated rings. The molecule has 0 aliphatic carbocycles. The number of benzene rings is 1. The zero-order valence-corrected chi connectivity index (χ0v) is 13.6. The molecule has 0 radical (unpaired) electrons. The first-order valence-electron chi connectivity index (χ1n) is 8.79. The Balaban J connectivity index is 1.68. The SMILES string of the molecule is CC1Cc2cc(C(C3CCCO3)C3CCCO3)ccc2C(=O)O1. The number of rotatable bonds is 3. The second kappa shape index (κ2) is 6.25. The van der Waals surface area contributed by atoms with Gasteiger partial charge in [0, 0.05) is 25.6 Å². The molecule has 3 atom stereocenters. The Labute approximate surface area is 137 Å². The lowest BCUT2D eigenvalue weighted by Gasteiger charge is -2.30. The van der Waals surface area contributed by atoms with Gasteiger partial charge in [0.05, 0.1) is 17.8 Å². The minimum absolute atomic E-state index is 0.0471. The van der Waals surface area contributed by atoms with E-state index in [0.717, 1.165) is 50.9 Å². The average molecular weight is 316 g/mol. The van der Waals surface area contributed by atoms with Crippen LogP contribution in [0.5, 0.6) is 0 Å². The third-order valence-electron chi connectivity index (χ3n) is 5.28. The maximum Gasteiger partial charge on any atom is 0.338 e. The van der Waals surface area contributed by atoms with Crippen LogP contribution in [0.2, 0.25) is 0 Å². The van der Waals surface area contributed by atoms with Crippen molar-refractivity contribution in [3.63, 3.8) is 0 Å². The summed E-state index contributed by atoms with van der Waals surface area (Å²) in [5.74, 6) is 0.0784. The van der Waals surface area contributed by atoms with Crippen molar-refractivity contribution >= 4 is 5.97 Å². The molecule has 4 rings (SSSR count). The fourth-order valence-corrected chi connectivity index (χ4v) is 4.23. The molecule has 0 saturated carbocycles. The Bertz CT molecular complexity index is 569. The molecule has 124 valence electrons. The number of carbonyl (C=O) groups is 1. The van der Waals surface area contributed by atoms with E-state index < -0.39 is 0 Å². The van der Waals surface area contributed by atoms with E-state index in [2.05, 4.69) is 12.1 Å². The van der Waals surface area contributed by atoms with Crippen molar-refractivity contribution in [3.8, 4) is 0 Å². The molecule has 3 aliphatic rings.